The van der Waals surface area contributed by atoms with E-state index in [2.05, 4.69) is 25.7 Å². The van der Waals surface area contributed by atoms with Crippen LogP contribution in [0.2, 0.25) is 0 Å². The molecule has 17 nitrogen and oxygen atoms in total. The van der Waals surface area contributed by atoms with Crippen LogP contribution in [0, 0.1) is 12.4 Å². The topological polar surface area (TPSA) is 223 Å². The second kappa shape index (κ2) is 19.6. The number of nitrogens with one attached hydrogen (secondary N) is 3. The molecule has 0 unspecified atom stereocenters. The second-order valence-corrected chi connectivity index (χ2v) is 14.3. The zero-order valence-corrected chi connectivity index (χ0v) is 33.9. The summed E-state index contributed by atoms with van der Waals surface area (Å²) in [6, 6.07) is 15.8. The van der Waals surface area contributed by atoms with Crippen LogP contribution in [0.3, 0.4) is 0 Å². The number of nitrogen functional groups attached to an aromatic ring is 1. The van der Waals surface area contributed by atoms with Crippen LogP contribution in [0.25, 0.3) is 15.7 Å². The highest BCUT2D eigenvalue weighted by molar-refractivity contribution is 6.06. The minimum absolute atomic E-state index is 0.0127. The Morgan fingerprint density at radius 3 is 1.83 bits per heavy atom. The van der Waals surface area contributed by atoms with E-state index >= 15 is 0 Å². The van der Waals surface area contributed by atoms with Gasteiger partial charge in [-0.1, -0.05) is 6.07 Å². The van der Waals surface area contributed by atoms with Crippen LogP contribution in [0.5, 0.6) is 0 Å². The van der Waals surface area contributed by atoms with Crippen molar-refractivity contribution in [2.24, 2.45) is 0 Å². The number of hydrogen-bond acceptors (Lipinski definition) is 11. The van der Waals surface area contributed by atoms with Crippen LogP contribution in [0.1, 0.15) is 18.1 Å². The molecular formula is C42H35F7N8O9. The third kappa shape index (κ3) is 11.0. The van der Waals surface area contributed by atoms with Gasteiger partial charge in [0.15, 0.2) is 24.1 Å². The van der Waals surface area contributed by atoms with Gasteiger partial charge in [0.05, 0.1) is 36.4 Å². The number of aliphatic hydroxyl groups is 1. The molecule has 7 rings (SSSR count). The molecule has 24 heteroatoms. The van der Waals surface area contributed by atoms with Crippen molar-refractivity contribution in [1.29, 1.82) is 0 Å². The summed E-state index contributed by atoms with van der Waals surface area (Å²) in [5.41, 5.74) is 4.83. The maximum Gasteiger partial charge on any atom is 0.416 e. The predicted molar refractivity (Wildman–Crippen MR) is 219 cm³/mol. The number of alkyl halides is 6. The van der Waals surface area contributed by atoms with Crippen LogP contribution < -0.4 is 26.2 Å². The SMILES string of the molecule is Nc1n[nH]c2cc(NC(=O)[C@H](O)[C@H]3OCCN(c4ccc(C(F)(F)F)cc4)C3=O)ccc12.[C-]#[N+]c1ccc(NC(=O)[C@H](OC(C)=O)[C@H]2OCCN(c3ccc(C(F)(F)F)cc3)C2=O)cc1F. The van der Waals surface area contributed by atoms with Crippen molar-refractivity contribution in [3.8, 4) is 0 Å². The van der Waals surface area contributed by atoms with E-state index in [1.807, 2.05) is 0 Å². The number of morpholine rings is 2. The molecule has 0 saturated carbocycles. The molecule has 66 heavy (non-hydrogen) atoms. The highest BCUT2D eigenvalue weighted by atomic mass is 19.4. The molecule has 0 bridgehead atoms. The monoisotopic (exact) mass is 928 g/mol. The van der Waals surface area contributed by atoms with Crippen LogP contribution in [-0.4, -0.2) is 95.6 Å². The predicted octanol–water partition coefficient (Wildman–Crippen LogP) is 5.59. The number of amides is 4. The molecule has 4 aromatic carbocycles. The number of rotatable bonds is 9. The van der Waals surface area contributed by atoms with Gasteiger partial charge in [-0.05, 0) is 78.9 Å². The first-order chi connectivity index (χ1) is 31.2. The lowest BCUT2D eigenvalue weighted by molar-refractivity contribution is -0.167. The van der Waals surface area contributed by atoms with Gasteiger partial charge in [-0.2, -0.15) is 31.4 Å². The van der Waals surface area contributed by atoms with Crippen LogP contribution in [-0.2, 0) is 50.5 Å². The lowest BCUT2D eigenvalue weighted by Crippen LogP contribution is -2.56. The lowest BCUT2D eigenvalue weighted by atomic mass is 10.1. The van der Waals surface area contributed by atoms with E-state index in [9.17, 15) is 59.8 Å². The molecule has 5 aromatic rings. The third-order valence-electron chi connectivity index (χ3n) is 9.83. The van der Waals surface area contributed by atoms with Crippen LogP contribution >= 0.6 is 0 Å². The first-order valence-electron chi connectivity index (χ1n) is 19.2. The summed E-state index contributed by atoms with van der Waals surface area (Å²) in [6.07, 6.45) is -15.8. The summed E-state index contributed by atoms with van der Waals surface area (Å²) in [4.78, 5) is 68.0. The van der Waals surface area contributed by atoms with Crippen molar-refractivity contribution in [3.05, 3.63) is 113 Å². The van der Waals surface area contributed by atoms with Gasteiger partial charge in [-0.15, -0.1) is 0 Å². The molecule has 6 N–H and O–H groups in total. The van der Waals surface area contributed by atoms with Gasteiger partial charge in [-0.25, -0.2) is 9.24 Å². The highest BCUT2D eigenvalue weighted by Gasteiger charge is 2.43. The van der Waals surface area contributed by atoms with E-state index < -0.39 is 83.3 Å². The van der Waals surface area contributed by atoms with Crippen molar-refractivity contribution in [1.82, 2.24) is 10.2 Å². The molecule has 2 aliphatic rings. The molecule has 346 valence electrons. The Bertz CT molecular complexity index is 2670. The molecule has 0 radical (unpaired) electrons. The number of halogens is 7. The van der Waals surface area contributed by atoms with Crippen LogP contribution in [0.4, 0.5) is 65.0 Å². The quantitative estimate of drug-likeness (QED) is 0.0696. The van der Waals surface area contributed by atoms with Crippen molar-refractivity contribution >= 4 is 74.8 Å². The Balaban J connectivity index is 0.000000219. The minimum Gasteiger partial charge on any atom is -0.449 e. The molecule has 4 atom stereocenters. The zero-order chi connectivity index (χ0) is 48.1. The molecule has 1 aromatic heterocycles. The molecule has 4 amide bonds. The summed E-state index contributed by atoms with van der Waals surface area (Å²) in [5, 5.41) is 22.4. The number of carbonyl (C=O) groups excluding carboxylic acids is 5. The highest BCUT2D eigenvalue weighted by Crippen LogP contribution is 2.33. The van der Waals surface area contributed by atoms with Gasteiger partial charge in [0.1, 0.15) is 5.82 Å². The summed E-state index contributed by atoms with van der Waals surface area (Å²) in [7, 11) is 0. The van der Waals surface area contributed by atoms with E-state index in [1.165, 1.54) is 11.0 Å². The Kier molecular flexibility index (Phi) is 14.2. The number of nitrogens with zero attached hydrogens (tertiary/aromatic N) is 4. The Labute approximate surface area is 368 Å². The number of esters is 1. The molecule has 3 heterocycles. The Morgan fingerprint density at radius 2 is 1.32 bits per heavy atom. The maximum atomic E-state index is 13.9. The number of nitrogens with two attached hydrogens (primary N) is 1. The normalized spacial score (nSPS) is 17.5. The zero-order valence-electron chi connectivity index (χ0n) is 33.9. The summed E-state index contributed by atoms with van der Waals surface area (Å²) in [6.45, 7) is 7.79. The lowest BCUT2D eigenvalue weighted by Gasteiger charge is -2.35. The molecule has 0 spiro atoms. The fourth-order valence-electron chi connectivity index (χ4n) is 6.62. The second-order valence-electron chi connectivity index (χ2n) is 14.3. The molecule has 0 aliphatic carbocycles. The van der Waals surface area contributed by atoms with E-state index in [0.717, 1.165) is 72.5 Å². The first kappa shape index (κ1) is 47.8. The van der Waals surface area contributed by atoms with E-state index in [4.69, 9.17) is 26.5 Å². The van der Waals surface area contributed by atoms with E-state index in [-0.39, 0.29) is 49.1 Å². The van der Waals surface area contributed by atoms with Crippen molar-refractivity contribution in [2.45, 2.75) is 43.7 Å². The van der Waals surface area contributed by atoms with Gasteiger partial charge in [0, 0.05) is 48.1 Å². The average molecular weight is 929 g/mol. The first-order valence-corrected chi connectivity index (χ1v) is 19.2. The van der Waals surface area contributed by atoms with Crippen molar-refractivity contribution < 1.29 is 74.0 Å². The number of ether oxygens (including phenoxy) is 3. The van der Waals surface area contributed by atoms with Crippen molar-refractivity contribution in [2.75, 3.05) is 52.5 Å². The largest absolute Gasteiger partial charge is 0.449 e. The number of aliphatic hydroxyl groups excluding tert-OH is 1. The minimum atomic E-state index is -4.55. The van der Waals surface area contributed by atoms with Gasteiger partial charge < -0.3 is 45.5 Å². The average Bonchev–Trinajstić information content (AvgIpc) is 3.64. The van der Waals surface area contributed by atoms with Gasteiger partial charge >= 0.3 is 18.3 Å². The van der Waals surface area contributed by atoms with E-state index in [0.29, 0.717) is 22.4 Å². The Hall–Kier alpha value is -7.62. The number of fused-ring (bicyclic) bond motifs is 1. The smallest absolute Gasteiger partial charge is 0.416 e. The number of aromatic amines is 1. The molecule has 2 fully saturated rings. The van der Waals surface area contributed by atoms with Crippen molar-refractivity contribution in [3.63, 3.8) is 0 Å². The molecule has 2 saturated heterocycles. The molecule has 2 aliphatic heterocycles. The number of anilines is 5. The number of aromatic nitrogens is 2. The summed E-state index contributed by atoms with van der Waals surface area (Å²) < 4.78 is 106. The third-order valence-corrected chi connectivity index (χ3v) is 9.83. The van der Waals surface area contributed by atoms with Gasteiger partial charge in [-0.3, -0.25) is 29.1 Å². The fourth-order valence-corrected chi connectivity index (χ4v) is 6.62. The van der Waals surface area contributed by atoms with Crippen LogP contribution in [0.15, 0.2) is 84.9 Å². The van der Waals surface area contributed by atoms with E-state index in [1.54, 1.807) is 18.2 Å². The number of carbonyl (C=O) groups is 5. The maximum absolute atomic E-state index is 13.9. The number of H-pyrrole nitrogens is 1. The number of benzene rings is 4. The van der Waals surface area contributed by atoms with Gasteiger partial charge in [0.2, 0.25) is 11.8 Å². The Morgan fingerprint density at radius 1 is 0.818 bits per heavy atom. The summed E-state index contributed by atoms with van der Waals surface area (Å²) in [5.74, 6) is -4.95. The van der Waals surface area contributed by atoms with Gasteiger partial charge in [0.25, 0.3) is 23.6 Å². The standard InChI is InChI=1S/C22H17F4N3O5.C20H18F3N5O4/c1-12(30)34-18(20(31)28-14-5-8-17(27-2)16(23)11-14)19-21(32)29(9-10-33-19)15-6-3-13(4-7-15)22(24,25)26;21-20(22,23)10-1-4-12(5-2-10)28-7-8-32-16(19(28)31)15(29)18(30)25-11-3-6-13-14(9-11)26-27-17(13)24/h3-8,11,18-19H,9-10H2,1H3,(H,28,31);1-6,9,15-16,29H,7-8H2,(H,25,30)(H3,24,26,27)/t18-,19-;15-,16-/m11/s1. The fraction of sp³-hybridized carbons (Fsp3) is 0.262. The molecular weight excluding hydrogens is 893 g/mol. The number of hydrogen-bond donors (Lipinski definition) is 5. The summed E-state index contributed by atoms with van der Waals surface area (Å²) >= 11 is 0.